The van der Waals surface area contributed by atoms with E-state index in [0.717, 1.165) is 36.1 Å². The van der Waals surface area contributed by atoms with Gasteiger partial charge in [-0.05, 0) is 60.2 Å². The minimum atomic E-state index is 0.199. The number of nitrogens with zero attached hydrogens (tertiary/aromatic N) is 3. The smallest absolute Gasteiger partial charge is 0.0739 e. The van der Waals surface area contributed by atoms with Crippen LogP contribution >= 0.6 is 15.9 Å². The zero-order valence-corrected chi connectivity index (χ0v) is 14.4. The molecule has 0 spiro atoms. The van der Waals surface area contributed by atoms with Crippen LogP contribution in [0.15, 0.2) is 16.9 Å². The quantitative estimate of drug-likeness (QED) is 0.860. The third-order valence-electron chi connectivity index (χ3n) is 4.39. The van der Waals surface area contributed by atoms with Gasteiger partial charge < -0.3 is 10.3 Å². The Labute approximate surface area is 134 Å². The van der Waals surface area contributed by atoms with Gasteiger partial charge in [0.15, 0.2) is 0 Å². The van der Waals surface area contributed by atoms with Crippen LogP contribution in [0.1, 0.15) is 54.7 Å². The predicted octanol–water partition coefficient (Wildman–Crippen LogP) is 3.55. The van der Waals surface area contributed by atoms with Gasteiger partial charge in [0.1, 0.15) is 0 Å². The third-order valence-corrected chi connectivity index (χ3v) is 5.42. The predicted molar refractivity (Wildman–Crippen MR) is 88.4 cm³/mol. The molecule has 2 N–H and O–H groups in total. The zero-order valence-electron chi connectivity index (χ0n) is 12.8. The average molecular weight is 351 g/mol. The van der Waals surface area contributed by atoms with Gasteiger partial charge in [0.25, 0.3) is 0 Å². The molecule has 1 aliphatic carbocycles. The summed E-state index contributed by atoms with van der Waals surface area (Å²) in [6.45, 7) is 5.90. The van der Waals surface area contributed by atoms with E-state index >= 15 is 0 Å². The summed E-state index contributed by atoms with van der Waals surface area (Å²) in [5.74, 6) is 0. The fourth-order valence-electron chi connectivity index (χ4n) is 3.24. The lowest BCUT2D eigenvalue weighted by Gasteiger charge is -2.09. The van der Waals surface area contributed by atoms with E-state index in [-0.39, 0.29) is 6.04 Å². The Morgan fingerprint density at radius 2 is 2.19 bits per heavy atom. The van der Waals surface area contributed by atoms with Crippen LogP contribution in [-0.2, 0) is 19.5 Å². The second-order valence-electron chi connectivity index (χ2n) is 5.93. The van der Waals surface area contributed by atoms with Crippen LogP contribution in [-0.4, -0.2) is 14.3 Å². The molecule has 5 heteroatoms. The maximum absolute atomic E-state index is 6.30. The Bertz CT molecular complexity index is 641. The molecule has 2 aromatic heterocycles. The molecule has 0 saturated heterocycles. The van der Waals surface area contributed by atoms with Crippen molar-refractivity contribution >= 4 is 15.9 Å². The van der Waals surface area contributed by atoms with Gasteiger partial charge in [0.05, 0.1) is 22.4 Å². The molecule has 3 rings (SSSR count). The molecule has 1 atom stereocenters. The highest BCUT2D eigenvalue weighted by Crippen LogP contribution is 2.29. The van der Waals surface area contributed by atoms with Crippen LogP contribution in [0.2, 0.25) is 0 Å². The monoisotopic (exact) mass is 350 g/mol. The Balaban J connectivity index is 1.91. The SMILES string of the molecule is CCn1nc(C)c(Br)c1Cn1cc2c(c1)C(N)CCCC2. The molecule has 0 fully saturated rings. The molecule has 0 saturated carbocycles. The lowest BCUT2D eigenvalue weighted by atomic mass is 10.1. The van der Waals surface area contributed by atoms with Crippen LogP contribution < -0.4 is 5.73 Å². The molecule has 21 heavy (non-hydrogen) atoms. The molecule has 2 aromatic rings. The normalized spacial score (nSPS) is 18.6. The largest absolute Gasteiger partial charge is 0.348 e. The molecule has 2 heterocycles. The van der Waals surface area contributed by atoms with Gasteiger partial charge >= 0.3 is 0 Å². The number of hydrogen-bond donors (Lipinski definition) is 1. The van der Waals surface area contributed by atoms with Crippen LogP contribution in [0.5, 0.6) is 0 Å². The lowest BCUT2D eigenvalue weighted by Crippen LogP contribution is -2.10. The molecule has 0 aliphatic heterocycles. The van der Waals surface area contributed by atoms with Gasteiger partial charge in [0, 0.05) is 25.0 Å². The van der Waals surface area contributed by atoms with Gasteiger partial charge in [-0.2, -0.15) is 5.10 Å². The summed E-state index contributed by atoms with van der Waals surface area (Å²) in [6, 6.07) is 0.199. The lowest BCUT2D eigenvalue weighted by molar-refractivity contribution is 0.589. The van der Waals surface area contributed by atoms with Crippen molar-refractivity contribution in [2.75, 3.05) is 0 Å². The number of aryl methyl sites for hydroxylation is 3. The fraction of sp³-hybridized carbons (Fsp3) is 0.562. The summed E-state index contributed by atoms with van der Waals surface area (Å²) in [5, 5.41) is 4.57. The number of nitrogens with two attached hydrogens (primary N) is 1. The first-order valence-electron chi connectivity index (χ1n) is 7.76. The minimum Gasteiger partial charge on any atom is -0.348 e. The number of hydrogen-bond acceptors (Lipinski definition) is 2. The van der Waals surface area contributed by atoms with Crippen molar-refractivity contribution in [2.45, 2.75) is 58.7 Å². The van der Waals surface area contributed by atoms with Crippen molar-refractivity contribution in [3.8, 4) is 0 Å². The fourth-order valence-corrected chi connectivity index (χ4v) is 3.65. The Morgan fingerprint density at radius 1 is 1.38 bits per heavy atom. The maximum atomic E-state index is 6.30. The van der Waals surface area contributed by atoms with E-state index < -0.39 is 0 Å². The summed E-state index contributed by atoms with van der Waals surface area (Å²) >= 11 is 3.67. The molecule has 0 amide bonds. The molecule has 114 valence electrons. The van der Waals surface area contributed by atoms with Crippen LogP contribution in [0.3, 0.4) is 0 Å². The summed E-state index contributed by atoms with van der Waals surface area (Å²) in [5.41, 5.74) is 11.3. The number of halogens is 1. The highest BCUT2D eigenvalue weighted by atomic mass is 79.9. The first kappa shape index (κ1) is 14.9. The first-order valence-corrected chi connectivity index (χ1v) is 8.55. The van der Waals surface area contributed by atoms with E-state index in [2.05, 4.69) is 49.6 Å². The summed E-state index contributed by atoms with van der Waals surface area (Å²) < 4.78 is 5.46. The van der Waals surface area contributed by atoms with E-state index in [1.54, 1.807) is 0 Å². The molecular formula is C16H23BrN4. The van der Waals surface area contributed by atoms with E-state index in [1.807, 2.05) is 6.92 Å². The molecule has 1 unspecified atom stereocenters. The Hall–Kier alpha value is -1.07. The van der Waals surface area contributed by atoms with Gasteiger partial charge in [-0.3, -0.25) is 4.68 Å². The van der Waals surface area contributed by atoms with Crippen molar-refractivity contribution in [2.24, 2.45) is 5.73 Å². The first-order chi connectivity index (χ1) is 10.1. The second-order valence-corrected chi connectivity index (χ2v) is 6.72. The van der Waals surface area contributed by atoms with Crippen molar-refractivity contribution in [3.05, 3.63) is 39.4 Å². The minimum absolute atomic E-state index is 0.199. The number of rotatable bonds is 3. The van der Waals surface area contributed by atoms with Crippen molar-refractivity contribution in [1.29, 1.82) is 0 Å². The van der Waals surface area contributed by atoms with E-state index in [0.29, 0.717) is 0 Å². The molecule has 4 nitrogen and oxygen atoms in total. The van der Waals surface area contributed by atoms with Crippen molar-refractivity contribution < 1.29 is 0 Å². The van der Waals surface area contributed by atoms with Gasteiger partial charge in [-0.1, -0.05) is 6.42 Å². The van der Waals surface area contributed by atoms with E-state index in [1.165, 1.54) is 29.7 Å². The van der Waals surface area contributed by atoms with Gasteiger partial charge in [-0.15, -0.1) is 0 Å². The van der Waals surface area contributed by atoms with E-state index in [9.17, 15) is 0 Å². The summed E-state index contributed by atoms with van der Waals surface area (Å²) in [7, 11) is 0. The van der Waals surface area contributed by atoms with Gasteiger partial charge in [-0.25, -0.2) is 0 Å². The van der Waals surface area contributed by atoms with Crippen LogP contribution in [0.25, 0.3) is 0 Å². The highest BCUT2D eigenvalue weighted by molar-refractivity contribution is 9.10. The topological polar surface area (TPSA) is 48.8 Å². The molecule has 0 radical (unpaired) electrons. The van der Waals surface area contributed by atoms with E-state index in [4.69, 9.17) is 5.73 Å². The summed E-state index contributed by atoms with van der Waals surface area (Å²) in [6.07, 6.45) is 9.26. The number of aromatic nitrogens is 3. The van der Waals surface area contributed by atoms with Crippen molar-refractivity contribution in [3.63, 3.8) is 0 Å². The second kappa shape index (κ2) is 5.97. The molecule has 1 aliphatic rings. The third kappa shape index (κ3) is 2.81. The maximum Gasteiger partial charge on any atom is 0.0739 e. The highest BCUT2D eigenvalue weighted by Gasteiger charge is 2.19. The summed E-state index contributed by atoms with van der Waals surface area (Å²) in [4.78, 5) is 0. The Kier molecular flexibility index (Phi) is 4.22. The number of fused-ring (bicyclic) bond motifs is 1. The molecular weight excluding hydrogens is 328 g/mol. The standard InChI is InChI=1S/C16H23BrN4/c1-3-21-15(16(17)11(2)19-21)10-20-8-12-6-4-5-7-14(18)13(12)9-20/h8-9,14H,3-7,10,18H2,1-2H3. The average Bonchev–Trinajstić information content (AvgIpc) is 2.94. The van der Waals surface area contributed by atoms with Crippen molar-refractivity contribution in [1.82, 2.24) is 14.3 Å². The van der Waals surface area contributed by atoms with Crippen LogP contribution in [0.4, 0.5) is 0 Å². The zero-order chi connectivity index (χ0) is 15.0. The van der Waals surface area contributed by atoms with Gasteiger partial charge in [0.2, 0.25) is 0 Å². The molecule has 0 aromatic carbocycles. The molecule has 0 bridgehead atoms. The van der Waals surface area contributed by atoms with Crippen LogP contribution in [0, 0.1) is 6.92 Å². The Morgan fingerprint density at radius 3 is 2.95 bits per heavy atom.